The van der Waals surface area contributed by atoms with E-state index >= 15 is 0 Å². The van der Waals surface area contributed by atoms with Gasteiger partial charge in [0, 0.05) is 19.3 Å². The minimum Gasteiger partial charge on any atom is -0.497 e. The molecular weight excluding hydrogens is 260 g/mol. The molecule has 5 nitrogen and oxygen atoms in total. The highest BCUT2D eigenvalue weighted by Crippen LogP contribution is 2.21. The maximum Gasteiger partial charge on any atom is 0.178 e. The standard InChI is InChI=1S/C13H14N4OS/c1-16-6-5-9(15-16)8-17-12-4-3-10(18-2)7-11(12)14-13(17)19/h3-7H,8H2,1-2H3,(H,14,19). The highest BCUT2D eigenvalue weighted by atomic mass is 32.1. The van der Waals surface area contributed by atoms with Gasteiger partial charge in [-0.25, -0.2) is 0 Å². The lowest BCUT2D eigenvalue weighted by Gasteiger charge is -2.03. The number of methoxy groups -OCH3 is 1. The summed E-state index contributed by atoms with van der Waals surface area (Å²) < 4.78 is 9.73. The molecule has 0 amide bonds. The number of fused-ring (bicyclic) bond motifs is 1. The molecule has 0 saturated carbocycles. The summed E-state index contributed by atoms with van der Waals surface area (Å²) in [5.41, 5.74) is 3.01. The fraction of sp³-hybridized carbons (Fsp3) is 0.231. The Hall–Kier alpha value is -2.08. The van der Waals surface area contributed by atoms with E-state index in [0.29, 0.717) is 11.3 Å². The van der Waals surface area contributed by atoms with Gasteiger partial charge in [0.05, 0.1) is 30.4 Å². The molecule has 0 bridgehead atoms. The van der Waals surface area contributed by atoms with E-state index in [1.54, 1.807) is 11.8 Å². The summed E-state index contributed by atoms with van der Waals surface area (Å²) in [6.07, 6.45) is 1.93. The number of aryl methyl sites for hydroxylation is 1. The van der Waals surface area contributed by atoms with Crippen LogP contribution >= 0.6 is 12.2 Å². The van der Waals surface area contributed by atoms with Crippen molar-refractivity contribution in [2.24, 2.45) is 7.05 Å². The topological polar surface area (TPSA) is 47.8 Å². The number of hydrogen-bond donors (Lipinski definition) is 1. The first-order valence-corrected chi connectivity index (χ1v) is 6.33. The van der Waals surface area contributed by atoms with Gasteiger partial charge < -0.3 is 14.3 Å². The van der Waals surface area contributed by atoms with E-state index in [9.17, 15) is 0 Å². The van der Waals surface area contributed by atoms with E-state index in [4.69, 9.17) is 17.0 Å². The molecule has 98 valence electrons. The van der Waals surface area contributed by atoms with Crippen molar-refractivity contribution in [3.63, 3.8) is 0 Å². The molecule has 3 aromatic rings. The van der Waals surface area contributed by atoms with Crippen LogP contribution in [0.15, 0.2) is 30.5 Å². The Morgan fingerprint density at radius 3 is 2.89 bits per heavy atom. The molecule has 0 radical (unpaired) electrons. The van der Waals surface area contributed by atoms with Gasteiger partial charge in [0.15, 0.2) is 4.77 Å². The maximum atomic E-state index is 5.37. The zero-order chi connectivity index (χ0) is 13.4. The van der Waals surface area contributed by atoms with Gasteiger partial charge in [-0.1, -0.05) is 0 Å². The minimum absolute atomic E-state index is 0.659. The average Bonchev–Trinajstić information content (AvgIpc) is 2.94. The van der Waals surface area contributed by atoms with E-state index in [1.165, 1.54) is 0 Å². The van der Waals surface area contributed by atoms with Gasteiger partial charge in [0.1, 0.15) is 5.75 Å². The van der Waals surface area contributed by atoms with Crippen molar-refractivity contribution in [3.8, 4) is 5.75 Å². The Bertz CT molecular complexity index is 783. The predicted octanol–water partition coefficient (Wildman–Crippen LogP) is 2.49. The Kier molecular flexibility index (Phi) is 2.87. The van der Waals surface area contributed by atoms with Crippen molar-refractivity contribution >= 4 is 23.3 Å². The summed E-state index contributed by atoms with van der Waals surface area (Å²) in [6.45, 7) is 0.659. The van der Waals surface area contributed by atoms with Gasteiger partial charge in [-0.3, -0.25) is 4.68 Å². The van der Waals surface area contributed by atoms with Gasteiger partial charge >= 0.3 is 0 Å². The first-order valence-electron chi connectivity index (χ1n) is 5.92. The first-order chi connectivity index (χ1) is 9.17. The Morgan fingerprint density at radius 2 is 2.21 bits per heavy atom. The number of nitrogens with one attached hydrogen (secondary N) is 1. The van der Waals surface area contributed by atoms with Crippen molar-refractivity contribution in [3.05, 3.63) is 40.9 Å². The second-order valence-corrected chi connectivity index (χ2v) is 4.77. The minimum atomic E-state index is 0.659. The number of rotatable bonds is 3. The highest BCUT2D eigenvalue weighted by molar-refractivity contribution is 7.71. The Labute approximate surface area is 115 Å². The van der Waals surface area contributed by atoms with Gasteiger partial charge in [0.25, 0.3) is 0 Å². The maximum absolute atomic E-state index is 5.37. The molecule has 3 rings (SSSR count). The molecule has 0 spiro atoms. The van der Waals surface area contributed by atoms with E-state index in [2.05, 4.69) is 10.1 Å². The molecule has 0 unspecified atom stereocenters. The fourth-order valence-corrected chi connectivity index (χ4v) is 2.41. The van der Waals surface area contributed by atoms with E-state index in [0.717, 1.165) is 22.5 Å². The van der Waals surface area contributed by atoms with Crippen molar-refractivity contribution in [1.82, 2.24) is 19.3 Å². The van der Waals surface area contributed by atoms with Gasteiger partial charge in [0.2, 0.25) is 0 Å². The van der Waals surface area contributed by atoms with Crippen LogP contribution in [-0.2, 0) is 13.6 Å². The number of imidazole rings is 1. The molecule has 0 atom stereocenters. The van der Waals surface area contributed by atoms with Crippen molar-refractivity contribution in [2.45, 2.75) is 6.54 Å². The second kappa shape index (κ2) is 4.55. The third-order valence-corrected chi connectivity index (χ3v) is 3.39. The Balaban J connectivity index is 2.08. The van der Waals surface area contributed by atoms with Crippen LogP contribution in [0, 0.1) is 4.77 Å². The van der Waals surface area contributed by atoms with Gasteiger partial charge in [-0.2, -0.15) is 5.10 Å². The van der Waals surface area contributed by atoms with Crippen molar-refractivity contribution in [2.75, 3.05) is 7.11 Å². The molecule has 2 aromatic heterocycles. The third kappa shape index (κ3) is 2.15. The van der Waals surface area contributed by atoms with E-state index < -0.39 is 0 Å². The third-order valence-electron chi connectivity index (χ3n) is 3.07. The summed E-state index contributed by atoms with van der Waals surface area (Å²) in [7, 11) is 3.56. The summed E-state index contributed by atoms with van der Waals surface area (Å²) >= 11 is 5.37. The molecule has 0 aliphatic carbocycles. The summed E-state index contributed by atoms with van der Waals surface area (Å²) in [5, 5.41) is 4.38. The van der Waals surface area contributed by atoms with Crippen molar-refractivity contribution in [1.29, 1.82) is 0 Å². The number of H-pyrrole nitrogens is 1. The molecule has 0 saturated heterocycles. The molecule has 2 heterocycles. The summed E-state index contributed by atoms with van der Waals surface area (Å²) in [6, 6.07) is 7.87. The van der Waals surface area contributed by atoms with Gasteiger partial charge in [-0.05, 0) is 30.4 Å². The van der Waals surface area contributed by atoms with Crippen LogP contribution in [-0.4, -0.2) is 26.4 Å². The lowest BCUT2D eigenvalue weighted by Crippen LogP contribution is -2.01. The van der Waals surface area contributed by atoms with Crippen LogP contribution in [0.25, 0.3) is 11.0 Å². The quantitative estimate of drug-likeness (QED) is 0.746. The zero-order valence-electron chi connectivity index (χ0n) is 10.8. The van der Waals surface area contributed by atoms with Crippen LogP contribution in [0.1, 0.15) is 5.69 Å². The van der Waals surface area contributed by atoms with Crippen LogP contribution in [0.3, 0.4) is 0 Å². The number of hydrogen-bond acceptors (Lipinski definition) is 3. The molecule has 0 aliphatic rings. The SMILES string of the molecule is COc1ccc2c(c1)[nH]c(=S)n2Cc1ccn(C)n1. The van der Waals surface area contributed by atoms with E-state index in [1.807, 2.05) is 42.1 Å². The summed E-state index contributed by atoms with van der Waals surface area (Å²) in [5.74, 6) is 0.814. The highest BCUT2D eigenvalue weighted by Gasteiger charge is 2.07. The first kappa shape index (κ1) is 12.0. The lowest BCUT2D eigenvalue weighted by molar-refractivity contribution is 0.415. The van der Waals surface area contributed by atoms with Crippen LogP contribution in [0.2, 0.25) is 0 Å². The number of benzene rings is 1. The van der Waals surface area contributed by atoms with E-state index in [-0.39, 0.29) is 0 Å². The molecule has 1 aromatic carbocycles. The molecule has 19 heavy (non-hydrogen) atoms. The van der Waals surface area contributed by atoms with Crippen LogP contribution in [0.4, 0.5) is 0 Å². The molecule has 1 N–H and O–H groups in total. The smallest absolute Gasteiger partial charge is 0.178 e. The molecule has 0 fully saturated rings. The second-order valence-electron chi connectivity index (χ2n) is 4.38. The number of ether oxygens (including phenoxy) is 1. The van der Waals surface area contributed by atoms with Gasteiger partial charge in [-0.15, -0.1) is 0 Å². The van der Waals surface area contributed by atoms with Crippen molar-refractivity contribution < 1.29 is 4.74 Å². The predicted molar refractivity (Wildman–Crippen MR) is 76.0 cm³/mol. The number of aromatic nitrogens is 4. The Morgan fingerprint density at radius 1 is 1.37 bits per heavy atom. The monoisotopic (exact) mass is 274 g/mol. The molecule has 6 heteroatoms. The average molecular weight is 274 g/mol. The fourth-order valence-electron chi connectivity index (χ4n) is 2.14. The number of aromatic amines is 1. The normalized spacial score (nSPS) is 11.1. The zero-order valence-corrected chi connectivity index (χ0v) is 11.6. The van der Waals surface area contributed by atoms with Crippen LogP contribution < -0.4 is 4.74 Å². The molecule has 0 aliphatic heterocycles. The largest absolute Gasteiger partial charge is 0.497 e. The number of nitrogens with zero attached hydrogens (tertiary/aromatic N) is 3. The molecular formula is C13H14N4OS. The lowest BCUT2D eigenvalue weighted by atomic mass is 10.3. The summed E-state index contributed by atoms with van der Waals surface area (Å²) in [4.78, 5) is 3.19. The van der Waals surface area contributed by atoms with Crippen LogP contribution in [0.5, 0.6) is 5.75 Å².